The van der Waals surface area contributed by atoms with Crippen LogP contribution in [0.4, 0.5) is 4.79 Å². The number of carbonyl (C=O) groups is 2. The fourth-order valence-corrected chi connectivity index (χ4v) is 3.61. The number of aliphatic hydroxyl groups is 1. The van der Waals surface area contributed by atoms with Gasteiger partial charge >= 0.3 is 6.03 Å². The number of carbonyl (C=O) groups excluding carboxylic acids is 2. The summed E-state index contributed by atoms with van der Waals surface area (Å²) >= 11 is 0. The molecule has 2 fully saturated rings. The molecule has 29 heavy (non-hydrogen) atoms. The first kappa shape index (κ1) is 21.5. The van der Waals surface area contributed by atoms with Crippen molar-refractivity contribution in [2.24, 2.45) is 0 Å². The topological polar surface area (TPSA) is 118 Å². The first-order chi connectivity index (χ1) is 14.1. The average Bonchev–Trinajstić information content (AvgIpc) is 3.24. The van der Waals surface area contributed by atoms with Gasteiger partial charge in [0.25, 0.3) is 0 Å². The lowest BCUT2D eigenvalue weighted by molar-refractivity contribution is -0.124. The van der Waals surface area contributed by atoms with E-state index < -0.39 is 18.3 Å². The summed E-state index contributed by atoms with van der Waals surface area (Å²) in [4.78, 5) is 23.8. The second-order valence-electron chi connectivity index (χ2n) is 7.26. The van der Waals surface area contributed by atoms with Crippen molar-refractivity contribution >= 4 is 11.9 Å². The minimum absolute atomic E-state index is 0.116. The van der Waals surface area contributed by atoms with Crippen molar-refractivity contribution in [1.29, 1.82) is 0 Å². The Balaban J connectivity index is 1.35. The number of urea groups is 1. The Hall–Kier alpha value is -2.20. The van der Waals surface area contributed by atoms with Gasteiger partial charge in [0, 0.05) is 33.2 Å². The molecule has 1 aromatic rings. The molecule has 0 aromatic heterocycles. The second-order valence-corrected chi connectivity index (χ2v) is 7.26. The maximum atomic E-state index is 12.0. The van der Waals surface area contributed by atoms with Gasteiger partial charge in [-0.1, -0.05) is 30.3 Å². The lowest BCUT2D eigenvalue weighted by atomic mass is 10.1. The minimum Gasteiger partial charge on any atom is -0.388 e. The maximum Gasteiger partial charge on any atom is 0.315 e. The van der Waals surface area contributed by atoms with Crippen LogP contribution in [0.3, 0.4) is 0 Å². The van der Waals surface area contributed by atoms with E-state index in [1.807, 2.05) is 30.3 Å². The fourth-order valence-electron chi connectivity index (χ4n) is 3.61. The SMILES string of the molecule is COCCNC(=O)C[C@@H]1C[C@H]2O[C@H](CNC(=O)NCc3ccccc3)[C@@H](O)[C@H]2O1. The van der Waals surface area contributed by atoms with Gasteiger partial charge in [-0.05, 0) is 5.56 Å². The first-order valence-corrected chi connectivity index (χ1v) is 9.87. The van der Waals surface area contributed by atoms with Crippen molar-refractivity contribution in [3.05, 3.63) is 35.9 Å². The summed E-state index contributed by atoms with van der Waals surface area (Å²) in [6.07, 6.45) is -1.68. The lowest BCUT2D eigenvalue weighted by Gasteiger charge is -2.20. The quantitative estimate of drug-likeness (QED) is 0.426. The number of methoxy groups -OCH3 is 1. The number of amides is 3. The Labute approximate surface area is 170 Å². The van der Waals surface area contributed by atoms with Crippen LogP contribution in [0.25, 0.3) is 0 Å². The van der Waals surface area contributed by atoms with E-state index in [2.05, 4.69) is 16.0 Å². The standard InChI is InChI=1S/C20H29N3O6/c1-27-8-7-21-17(24)10-14-9-15-19(28-14)18(25)16(29-15)12-23-20(26)22-11-13-5-3-2-4-6-13/h2-6,14-16,18-19,25H,7-12H2,1H3,(H,21,24)(H2,22,23,26)/t14-,15+,16+,18+,19-/m0/s1. The van der Waals surface area contributed by atoms with Crippen LogP contribution in [0.15, 0.2) is 30.3 Å². The van der Waals surface area contributed by atoms with Crippen LogP contribution in [0, 0.1) is 0 Å². The van der Waals surface area contributed by atoms with Gasteiger partial charge in [0.15, 0.2) is 0 Å². The summed E-state index contributed by atoms with van der Waals surface area (Å²) in [6.45, 7) is 1.51. The Bertz CT molecular complexity index is 673. The largest absolute Gasteiger partial charge is 0.388 e. The van der Waals surface area contributed by atoms with Gasteiger partial charge < -0.3 is 35.3 Å². The third kappa shape index (κ3) is 6.14. The summed E-state index contributed by atoms with van der Waals surface area (Å²) in [7, 11) is 1.57. The molecule has 9 nitrogen and oxygen atoms in total. The summed E-state index contributed by atoms with van der Waals surface area (Å²) < 4.78 is 16.6. The molecule has 2 heterocycles. The van der Waals surface area contributed by atoms with E-state index in [0.717, 1.165) is 5.56 Å². The normalized spacial score (nSPS) is 28.0. The molecule has 5 atom stereocenters. The van der Waals surface area contributed by atoms with E-state index in [1.165, 1.54) is 0 Å². The molecule has 0 saturated carbocycles. The maximum absolute atomic E-state index is 12.0. The Morgan fingerprint density at radius 3 is 2.69 bits per heavy atom. The fraction of sp³-hybridized carbons (Fsp3) is 0.600. The summed E-state index contributed by atoms with van der Waals surface area (Å²) in [6, 6.07) is 9.26. The van der Waals surface area contributed by atoms with Crippen LogP contribution >= 0.6 is 0 Å². The highest BCUT2D eigenvalue weighted by molar-refractivity contribution is 5.76. The molecule has 9 heteroatoms. The van der Waals surface area contributed by atoms with Crippen LogP contribution < -0.4 is 16.0 Å². The molecule has 3 rings (SSSR count). The van der Waals surface area contributed by atoms with Gasteiger partial charge in [0.2, 0.25) is 5.91 Å². The van der Waals surface area contributed by atoms with Gasteiger partial charge in [-0.3, -0.25) is 4.79 Å². The van der Waals surface area contributed by atoms with Gasteiger partial charge in [0.05, 0.1) is 25.2 Å². The summed E-state index contributed by atoms with van der Waals surface area (Å²) in [5, 5.41) is 18.7. The summed E-state index contributed by atoms with van der Waals surface area (Å²) in [5.41, 5.74) is 1.00. The smallest absolute Gasteiger partial charge is 0.315 e. The number of rotatable bonds is 9. The molecular formula is C20H29N3O6. The van der Waals surface area contributed by atoms with Crippen molar-refractivity contribution in [2.45, 2.75) is 49.9 Å². The number of aliphatic hydroxyl groups excluding tert-OH is 1. The molecule has 3 amide bonds. The monoisotopic (exact) mass is 407 g/mol. The molecule has 0 radical (unpaired) electrons. The average molecular weight is 407 g/mol. The first-order valence-electron chi connectivity index (χ1n) is 9.87. The minimum atomic E-state index is -0.851. The van der Waals surface area contributed by atoms with E-state index >= 15 is 0 Å². The predicted octanol–water partition coefficient (Wildman–Crippen LogP) is -0.0757. The van der Waals surface area contributed by atoms with E-state index in [9.17, 15) is 14.7 Å². The Kier molecular flexibility index (Phi) is 7.82. The van der Waals surface area contributed by atoms with Gasteiger partial charge in [-0.2, -0.15) is 0 Å². The molecule has 0 unspecified atom stereocenters. The number of nitrogens with one attached hydrogen (secondary N) is 3. The van der Waals surface area contributed by atoms with E-state index in [1.54, 1.807) is 7.11 Å². The van der Waals surface area contributed by atoms with E-state index in [-0.39, 0.29) is 37.1 Å². The molecular weight excluding hydrogens is 378 g/mol. The second kappa shape index (κ2) is 10.5. The van der Waals surface area contributed by atoms with Crippen molar-refractivity contribution in [2.75, 3.05) is 26.8 Å². The van der Waals surface area contributed by atoms with Gasteiger partial charge in [0.1, 0.15) is 18.3 Å². The van der Waals surface area contributed by atoms with Crippen LogP contribution in [-0.2, 0) is 25.5 Å². The van der Waals surface area contributed by atoms with E-state index in [4.69, 9.17) is 14.2 Å². The van der Waals surface area contributed by atoms with Crippen LogP contribution in [0.5, 0.6) is 0 Å². The van der Waals surface area contributed by atoms with Gasteiger partial charge in [-0.15, -0.1) is 0 Å². The van der Waals surface area contributed by atoms with Crippen molar-refractivity contribution in [3.8, 4) is 0 Å². The summed E-state index contributed by atoms with van der Waals surface area (Å²) in [5.74, 6) is -0.116. The molecule has 2 saturated heterocycles. The predicted molar refractivity (Wildman–Crippen MR) is 104 cm³/mol. The molecule has 1 aromatic carbocycles. The van der Waals surface area contributed by atoms with E-state index in [0.29, 0.717) is 26.1 Å². The number of hydrogen-bond donors (Lipinski definition) is 4. The van der Waals surface area contributed by atoms with Gasteiger partial charge in [-0.25, -0.2) is 4.79 Å². The number of benzene rings is 1. The van der Waals surface area contributed by atoms with Crippen LogP contribution in [0.2, 0.25) is 0 Å². The molecule has 2 aliphatic heterocycles. The zero-order valence-electron chi connectivity index (χ0n) is 16.5. The molecule has 0 bridgehead atoms. The highest BCUT2D eigenvalue weighted by Crippen LogP contribution is 2.35. The van der Waals surface area contributed by atoms with Crippen LogP contribution in [0.1, 0.15) is 18.4 Å². The zero-order chi connectivity index (χ0) is 20.6. The molecule has 0 aliphatic carbocycles. The molecule has 2 aliphatic rings. The number of hydrogen-bond acceptors (Lipinski definition) is 6. The molecule has 0 spiro atoms. The number of fused-ring (bicyclic) bond motifs is 1. The number of ether oxygens (including phenoxy) is 3. The van der Waals surface area contributed by atoms with Crippen LogP contribution in [-0.4, -0.2) is 74.4 Å². The molecule has 160 valence electrons. The Morgan fingerprint density at radius 2 is 1.97 bits per heavy atom. The Morgan fingerprint density at radius 1 is 1.17 bits per heavy atom. The third-order valence-electron chi connectivity index (χ3n) is 5.08. The third-order valence-corrected chi connectivity index (χ3v) is 5.08. The zero-order valence-corrected chi connectivity index (χ0v) is 16.5. The highest BCUT2D eigenvalue weighted by Gasteiger charge is 2.50. The highest BCUT2D eigenvalue weighted by atomic mass is 16.6. The molecule has 4 N–H and O–H groups in total. The lowest BCUT2D eigenvalue weighted by Crippen LogP contribution is -2.44. The van der Waals surface area contributed by atoms with Crippen molar-refractivity contribution in [3.63, 3.8) is 0 Å². The van der Waals surface area contributed by atoms with Crippen molar-refractivity contribution < 1.29 is 28.9 Å². The van der Waals surface area contributed by atoms with Crippen molar-refractivity contribution in [1.82, 2.24) is 16.0 Å².